The number of aryl methyl sites for hydroxylation is 1. The predicted molar refractivity (Wildman–Crippen MR) is 128 cm³/mol. The minimum atomic E-state index is 0.855. The summed E-state index contributed by atoms with van der Waals surface area (Å²) in [4.78, 5) is 12.6. The van der Waals surface area contributed by atoms with Gasteiger partial charge in [0, 0.05) is 37.6 Å². The number of aromatic nitrogens is 1. The summed E-state index contributed by atoms with van der Waals surface area (Å²) in [5.41, 5.74) is 1.49. The van der Waals surface area contributed by atoms with Gasteiger partial charge < -0.3 is 15.5 Å². The molecule has 30 heavy (non-hydrogen) atoms. The minimum absolute atomic E-state index is 0.855. The van der Waals surface area contributed by atoms with E-state index in [-0.39, 0.29) is 0 Å². The molecule has 164 valence electrons. The highest BCUT2D eigenvalue weighted by Crippen LogP contribution is 2.21. The Kier molecular flexibility index (Phi) is 9.64. The molecule has 1 aromatic heterocycles. The van der Waals surface area contributed by atoms with E-state index in [4.69, 9.17) is 0 Å². The molecule has 0 spiro atoms. The smallest absolute Gasteiger partial charge is 0.190 e. The molecule has 3 rings (SSSR count). The summed E-state index contributed by atoms with van der Waals surface area (Å²) in [7, 11) is 1.84. The SMILES string of the molecule is CN=C(NCCCCN1CCC(Cc2ccccc2)CC1)NCCc1ncc(C)s1. The van der Waals surface area contributed by atoms with Crippen molar-refractivity contribution in [3.8, 4) is 0 Å². The zero-order valence-electron chi connectivity index (χ0n) is 18.6. The molecule has 0 bridgehead atoms. The third-order valence-corrected chi connectivity index (χ3v) is 6.76. The summed E-state index contributed by atoms with van der Waals surface area (Å²) in [6.45, 7) is 7.66. The standard InChI is InChI=1S/C24H37N5S/c1-20-19-28-23(30-20)10-14-27-24(25-2)26-13-6-7-15-29-16-11-22(12-17-29)18-21-8-4-3-5-9-21/h3-5,8-9,19,22H,6-7,10-18H2,1-2H3,(H2,25,26,27). The summed E-state index contributed by atoms with van der Waals surface area (Å²) >= 11 is 1.77. The lowest BCUT2D eigenvalue weighted by Gasteiger charge is -2.32. The van der Waals surface area contributed by atoms with Gasteiger partial charge in [-0.3, -0.25) is 4.99 Å². The number of aliphatic imine (C=N–C) groups is 1. The third kappa shape index (κ3) is 8.07. The molecule has 0 unspecified atom stereocenters. The Morgan fingerprint density at radius 3 is 2.60 bits per heavy atom. The second-order valence-electron chi connectivity index (χ2n) is 8.22. The van der Waals surface area contributed by atoms with Gasteiger partial charge in [-0.1, -0.05) is 30.3 Å². The van der Waals surface area contributed by atoms with Crippen LogP contribution < -0.4 is 10.6 Å². The number of hydrogen-bond donors (Lipinski definition) is 2. The largest absolute Gasteiger partial charge is 0.356 e. The molecule has 1 fully saturated rings. The fourth-order valence-electron chi connectivity index (χ4n) is 4.05. The quantitative estimate of drug-likeness (QED) is 0.343. The monoisotopic (exact) mass is 427 g/mol. The maximum absolute atomic E-state index is 4.41. The first-order valence-corrected chi connectivity index (χ1v) is 12.2. The zero-order valence-corrected chi connectivity index (χ0v) is 19.4. The van der Waals surface area contributed by atoms with Gasteiger partial charge in [0.05, 0.1) is 5.01 Å². The van der Waals surface area contributed by atoms with Crippen molar-refractivity contribution in [2.75, 3.05) is 39.8 Å². The number of hydrogen-bond acceptors (Lipinski definition) is 4. The topological polar surface area (TPSA) is 52.6 Å². The number of benzene rings is 1. The summed E-state index contributed by atoms with van der Waals surface area (Å²) in [5.74, 6) is 1.75. The number of piperidine rings is 1. The van der Waals surface area contributed by atoms with Crippen molar-refractivity contribution in [3.63, 3.8) is 0 Å². The van der Waals surface area contributed by atoms with Crippen LogP contribution in [0.3, 0.4) is 0 Å². The van der Waals surface area contributed by atoms with E-state index in [0.29, 0.717) is 0 Å². The van der Waals surface area contributed by atoms with Crippen molar-refractivity contribution < 1.29 is 0 Å². The summed E-state index contributed by atoms with van der Waals surface area (Å²) in [6.07, 6.45) is 9.22. The Hall–Kier alpha value is -1.92. The van der Waals surface area contributed by atoms with Crippen molar-refractivity contribution >= 4 is 17.3 Å². The second kappa shape index (κ2) is 12.7. The van der Waals surface area contributed by atoms with E-state index in [0.717, 1.165) is 31.4 Å². The zero-order chi connectivity index (χ0) is 21.0. The molecule has 1 saturated heterocycles. The molecule has 5 nitrogen and oxygen atoms in total. The number of rotatable bonds is 10. The van der Waals surface area contributed by atoms with E-state index in [2.05, 4.69) is 62.8 Å². The average Bonchev–Trinajstić information content (AvgIpc) is 3.19. The lowest BCUT2D eigenvalue weighted by Crippen LogP contribution is -2.39. The highest BCUT2D eigenvalue weighted by molar-refractivity contribution is 7.11. The van der Waals surface area contributed by atoms with Gasteiger partial charge in [-0.25, -0.2) is 4.98 Å². The van der Waals surface area contributed by atoms with Gasteiger partial charge in [0.1, 0.15) is 0 Å². The molecular formula is C24H37N5S. The van der Waals surface area contributed by atoms with Gasteiger partial charge in [0.2, 0.25) is 0 Å². The number of nitrogens with one attached hydrogen (secondary N) is 2. The average molecular weight is 428 g/mol. The molecular weight excluding hydrogens is 390 g/mol. The van der Waals surface area contributed by atoms with E-state index >= 15 is 0 Å². The first-order chi connectivity index (χ1) is 14.7. The van der Waals surface area contributed by atoms with Crippen LogP contribution in [-0.4, -0.2) is 55.6 Å². The van der Waals surface area contributed by atoms with Crippen LogP contribution in [-0.2, 0) is 12.8 Å². The first-order valence-electron chi connectivity index (χ1n) is 11.3. The fraction of sp³-hybridized carbons (Fsp3) is 0.583. The van der Waals surface area contributed by atoms with Crippen LogP contribution in [0, 0.1) is 12.8 Å². The van der Waals surface area contributed by atoms with Gasteiger partial charge in [-0.2, -0.15) is 0 Å². The summed E-state index contributed by atoms with van der Waals surface area (Å²) < 4.78 is 0. The maximum Gasteiger partial charge on any atom is 0.190 e. The van der Waals surface area contributed by atoms with Crippen molar-refractivity contribution in [3.05, 3.63) is 52.0 Å². The Morgan fingerprint density at radius 1 is 1.13 bits per heavy atom. The van der Waals surface area contributed by atoms with Crippen molar-refractivity contribution in [2.24, 2.45) is 10.9 Å². The van der Waals surface area contributed by atoms with Gasteiger partial charge in [0.25, 0.3) is 0 Å². The molecule has 0 atom stereocenters. The molecule has 0 amide bonds. The van der Waals surface area contributed by atoms with Crippen LogP contribution in [0.2, 0.25) is 0 Å². The van der Waals surface area contributed by atoms with Gasteiger partial charge in [-0.15, -0.1) is 11.3 Å². The Bertz CT molecular complexity index is 750. The summed E-state index contributed by atoms with van der Waals surface area (Å²) in [5, 5.41) is 8.01. The van der Waals surface area contributed by atoms with Crippen molar-refractivity contribution in [1.82, 2.24) is 20.5 Å². The molecule has 1 aromatic carbocycles. The number of nitrogens with zero attached hydrogens (tertiary/aromatic N) is 3. The lowest BCUT2D eigenvalue weighted by molar-refractivity contribution is 0.181. The van der Waals surface area contributed by atoms with E-state index in [1.165, 1.54) is 67.2 Å². The first kappa shape index (κ1) is 22.8. The van der Waals surface area contributed by atoms with Crippen LogP contribution in [0.4, 0.5) is 0 Å². The third-order valence-electron chi connectivity index (χ3n) is 5.79. The highest BCUT2D eigenvalue weighted by atomic mass is 32.1. The molecule has 0 radical (unpaired) electrons. The van der Waals surface area contributed by atoms with Crippen LogP contribution in [0.1, 0.15) is 41.1 Å². The van der Waals surface area contributed by atoms with Crippen molar-refractivity contribution in [2.45, 2.75) is 45.4 Å². The van der Waals surface area contributed by atoms with Crippen LogP contribution >= 0.6 is 11.3 Å². The van der Waals surface area contributed by atoms with Crippen molar-refractivity contribution in [1.29, 1.82) is 0 Å². The highest BCUT2D eigenvalue weighted by Gasteiger charge is 2.18. The number of likely N-dealkylation sites (tertiary alicyclic amines) is 1. The molecule has 6 heteroatoms. The predicted octanol–water partition coefficient (Wildman–Crippen LogP) is 3.89. The Balaban J connectivity index is 1.21. The molecule has 1 aliphatic rings. The van der Waals surface area contributed by atoms with Gasteiger partial charge in [-0.05, 0) is 70.1 Å². The van der Waals surface area contributed by atoms with E-state index in [1.54, 1.807) is 11.3 Å². The molecule has 0 saturated carbocycles. The van der Waals surface area contributed by atoms with Crippen LogP contribution in [0.5, 0.6) is 0 Å². The Labute approximate surface area is 186 Å². The fourth-order valence-corrected chi connectivity index (χ4v) is 4.84. The van der Waals surface area contributed by atoms with Gasteiger partial charge in [0.15, 0.2) is 5.96 Å². The molecule has 0 aliphatic carbocycles. The van der Waals surface area contributed by atoms with E-state index < -0.39 is 0 Å². The lowest BCUT2D eigenvalue weighted by atomic mass is 9.90. The molecule has 1 aliphatic heterocycles. The van der Waals surface area contributed by atoms with E-state index in [9.17, 15) is 0 Å². The summed E-state index contributed by atoms with van der Waals surface area (Å²) in [6, 6.07) is 11.0. The van der Waals surface area contributed by atoms with Crippen LogP contribution in [0.15, 0.2) is 41.5 Å². The molecule has 2 aromatic rings. The second-order valence-corrected chi connectivity index (χ2v) is 9.54. The molecule has 2 N–H and O–H groups in total. The number of thiazole rings is 1. The van der Waals surface area contributed by atoms with Crippen LogP contribution in [0.25, 0.3) is 0 Å². The minimum Gasteiger partial charge on any atom is -0.356 e. The molecule has 2 heterocycles. The van der Waals surface area contributed by atoms with Gasteiger partial charge >= 0.3 is 0 Å². The Morgan fingerprint density at radius 2 is 1.90 bits per heavy atom. The maximum atomic E-state index is 4.41. The van der Waals surface area contributed by atoms with E-state index in [1.807, 2.05) is 13.2 Å². The number of guanidine groups is 1. The number of unbranched alkanes of at least 4 members (excludes halogenated alkanes) is 1. The normalized spacial score (nSPS) is 16.0.